The second-order valence-corrected chi connectivity index (χ2v) is 25.6. The van der Waals surface area contributed by atoms with Gasteiger partial charge in [-0.1, -0.05) is 149 Å². The molecule has 26 nitrogen and oxygen atoms in total. The molecule has 0 aromatic carbocycles. The molecule has 0 aliphatic carbocycles. The minimum atomic E-state index is -1.40. The average molecular weight is 1330 g/mol. The Morgan fingerprint density at radius 3 is 1.51 bits per heavy atom. The van der Waals surface area contributed by atoms with Gasteiger partial charge in [0.15, 0.2) is 11.9 Å². The normalized spacial score (nSPS) is 15.7. The smallest absolute Gasteiger partial charge is 0.243 e. The number of rotatable bonds is 51. The van der Waals surface area contributed by atoms with Crippen molar-refractivity contribution in [2.75, 3.05) is 38.2 Å². The predicted octanol–water partition coefficient (Wildman–Crippen LogP) is 3.48. The van der Waals surface area contributed by atoms with E-state index in [1.807, 2.05) is 39.2 Å². The summed E-state index contributed by atoms with van der Waals surface area (Å²) in [6.07, 6.45) is 28.0. The van der Waals surface area contributed by atoms with E-state index in [0.29, 0.717) is 55.5 Å². The molecule has 9 amide bonds. The lowest BCUT2D eigenvalue weighted by Crippen LogP contribution is -2.60. The van der Waals surface area contributed by atoms with Crippen LogP contribution in [-0.2, 0) is 43.2 Å². The highest BCUT2D eigenvalue weighted by Gasteiger charge is 2.35. The summed E-state index contributed by atoms with van der Waals surface area (Å²) in [5, 5.41) is 25.4. The molecule has 0 aromatic heterocycles. The van der Waals surface area contributed by atoms with Crippen molar-refractivity contribution in [3.63, 3.8) is 0 Å². The molecule has 0 spiro atoms. The summed E-state index contributed by atoms with van der Waals surface area (Å²) < 4.78 is 0. The summed E-state index contributed by atoms with van der Waals surface area (Å²) in [7, 11) is 0. The number of amides is 9. The Labute approximate surface area is 558 Å². The first-order valence-electron chi connectivity index (χ1n) is 33.8. The van der Waals surface area contributed by atoms with Gasteiger partial charge in [0, 0.05) is 38.7 Å². The van der Waals surface area contributed by atoms with Crippen LogP contribution in [0.15, 0.2) is 58.2 Å². The van der Waals surface area contributed by atoms with Gasteiger partial charge < -0.3 is 82.3 Å². The Morgan fingerprint density at radius 2 is 1.01 bits per heavy atom. The van der Waals surface area contributed by atoms with E-state index in [4.69, 9.17) is 34.4 Å². The number of aliphatic imine (C=N–C) groups is 2. The van der Waals surface area contributed by atoms with Gasteiger partial charge in [-0.3, -0.25) is 53.1 Å². The van der Waals surface area contributed by atoms with E-state index >= 15 is 0 Å². The Morgan fingerprint density at radius 1 is 0.548 bits per heavy atom. The third-order valence-corrected chi connectivity index (χ3v) is 16.6. The Kier molecular flexibility index (Phi) is 45.4. The van der Waals surface area contributed by atoms with Crippen LogP contribution in [0.1, 0.15) is 202 Å². The zero-order valence-corrected chi connectivity index (χ0v) is 57.8. The largest absolute Gasteiger partial charge is 0.387 e. The molecule has 1 rings (SSSR count). The molecule has 9 atom stereocenters. The number of unbranched alkanes of at least 4 members (excludes halogenated alkanes) is 13. The Balaban J connectivity index is 3.62. The van der Waals surface area contributed by atoms with Gasteiger partial charge in [-0.2, -0.15) is 11.8 Å². The van der Waals surface area contributed by atoms with Gasteiger partial charge in [-0.25, -0.2) is 0 Å². The van der Waals surface area contributed by atoms with Gasteiger partial charge in [-0.05, 0) is 113 Å². The lowest BCUT2D eigenvalue weighted by Gasteiger charge is -2.29. The van der Waals surface area contributed by atoms with E-state index in [0.717, 1.165) is 25.7 Å². The van der Waals surface area contributed by atoms with Crippen LogP contribution in [0.2, 0.25) is 0 Å². The maximum Gasteiger partial charge on any atom is 0.243 e. The third-order valence-electron chi connectivity index (χ3n) is 15.9. The zero-order valence-electron chi connectivity index (χ0n) is 57.0. The van der Waals surface area contributed by atoms with Crippen molar-refractivity contribution in [1.82, 2.24) is 47.9 Å². The molecule has 1 aliphatic rings. The molecule has 93 heavy (non-hydrogen) atoms. The number of hydrogen-bond donors (Lipinski definition) is 15. The summed E-state index contributed by atoms with van der Waals surface area (Å²) in [6.45, 7) is 16.1. The van der Waals surface area contributed by atoms with Crippen molar-refractivity contribution in [3.05, 3.63) is 48.2 Å². The van der Waals surface area contributed by atoms with Crippen molar-refractivity contribution in [3.8, 4) is 0 Å². The maximum atomic E-state index is 14.9. The van der Waals surface area contributed by atoms with E-state index in [1.165, 1.54) is 70.1 Å². The summed E-state index contributed by atoms with van der Waals surface area (Å²) >= 11 is 1.41. The molecule has 1 aliphatic heterocycles. The van der Waals surface area contributed by atoms with E-state index in [1.54, 1.807) is 25.3 Å². The van der Waals surface area contributed by atoms with Crippen molar-refractivity contribution < 1.29 is 43.2 Å². The number of primary amides is 1. The van der Waals surface area contributed by atoms with Gasteiger partial charge >= 0.3 is 0 Å². The zero-order chi connectivity index (χ0) is 69.5. The van der Waals surface area contributed by atoms with Gasteiger partial charge in [-0.15, -0.1) is 0 Å². The highest BCUT2D eigenvalue weighted by Crippen LogP contribution is 2.19. The monoisotopic (exact) mass is 1330 g/mol. The predicted molar refractivity (Wildman–Crippen MR) is 373 cm³/mol. The molecule has 0 unspecified atom stereocenters. The van der Waals surface area contributed by atoms with E-state index in [9.17, 15) is 43.2 Å². The summed E-state index contributed by atoms with van der Waals surface area (Å²) in [6, 6.07) is -9.65. The average Bonchev–Trinajstić information content (AvgIpc) is 1.33. The fraction of sp³-hybridized carbons (Fsp3) is 0.712. The fourth-order valence-corrected chi connectivity index (χ4v) is 10.7. The molecule has 0 bridgehead atoms. The van der Waals surface area contributed by atoms with Crippen LogP contribution in [0.4, 0.5) is 0 Å². The topological polar surface area (TPSA) is 443 Å². The molecule has 528 valence electrons. The summed E-state index contributed by atoms with van der Waals surface area (Å²) in [4.78, 5) is 134. The quantitative estimate of drug-likeness (QED) is 0.0235. The molecule has 27 heteroatoms. The Bertz CT molecular complexity index is 2450. The molecular formula is C66H119N17O9S. The van der Waals surface area contributed by atoms with Crippen molar-refractivity contribution in [2.45, 2.75) is 250 Å². The van der Waals surface area contributed by atoms with E-state index < -0.39 is 95.6 Å². The number of nitrogens with two attached hydrogens (primary N) is 6. The number of guanidine groups is 2. The van der Waals surface area contributed by atoms with Crippen LogP contribution in [0.5, 0.6) is 0 Å². The number of hydrogen-bond acceptors (Lipinski definition) is 14. The van der Waals surface area contributed by atoms with Crippen LogP contribution in [0.25, 0.3) is 0 Å². The van der Waals surface area contributed by atoms with Gasteiger partial charge in [0.1, 0.15) is 48.3 Å². The fourth-order valence-electron chi connectivity index (χ4n) is 10.2. The van der Waals surface area contributed by atoms with Crippen LogP contribution in [-0.4, -0.2) is 152 Å². The lowest BCUT2D eigenvalue weighted by molar-refractivity contribution is -0.136. The van der Waals surface area contributed by atoms with Gasteiger partial charge in [0.2, 0.25) is 53.2 Å². The first kappa shape index (κ1) is 83.9. The minimum Gasteiger partial charge on any atom is -0.387 e. The number of thioether (sulfide) groups is 1. The van der Waals surface area contributed by atoms with Crippen LogP contribution in [0, 0.1) is 11.8 Å². The molecular weight excluding hydrogens is 1210 g/mol. The SMILES string of the molecule is C=C1/C=C\C=C/CNC=C1C[C@H](NC(=O)[C@H](CCCCN)NC(=O)[C@H](CCCN=C(N)N)NC(=O)[C@H](CC(C)C)NC(=O)[C@H](CCCN=C(N)N)NC(=O)CCCCCCCCCCCCCCC)C(=O)N[C@@H](CCSC)C(=O)N[C@@H](C)C(=O)N[C@H](C(N)=O)[C@@H](C)CC. The third kappa shape index (κ3) is 38.6. The highest BCUT2D eigenvalue weighted by molar-refractivity contribution is 7.98. The second-order valence-electron chi connectivity index (χ2n) is 24.6. The molecule has 0 fully saturated rings. The molecule has 0 aromatic rings. The Hall–Kier alpha value is -7.16. The maximum absolute atomic E-state index is 14.9. The lowest BCUT2D eigenvalue weighted by atomic mass is 9.98. The van der Waals surface area contributed by atoms with Crippen LogP contribution < -0.4 is 82.3 Å². The number of allylic oxidation sites excluding steroid dienone is 4. The van der Waals surface area contributed by atoms with Gasteiger partial charge in [0.05, 0.1) is 0 Å². The first-order chi connectivity index (χ1) is 44.4. The molecule has 1 heterocycles. The minimum absolute atomic E-state index is 0.0312. The highest BCUT2D eigenvalue weighted by atomic mass is 32.2. The number of carbonyl (C=O) groups excluding carboxylic acids is 9. The van der Waals surface area contributed by atoms with Crippen molar-refractivity contribution in [2.24, 2.45) is 56.2 Å². The number of carbonyl (C=O) groups is 9. The summed E-state index contributed by atoms with van der Waals surface area (Å²) in [5.41, 5.74) is 35.0. The first-order valence-corrected chi connectivity index (χ1v) is 35.2. The molecule has 0 saturated carbocycles. The molecule has 21 N–H and O–H groups in total. The number of nitrogens with one attached hydrogen (secondary N) is 9. The standard InChI is InChI=1S/C66H119N17O9S/c1-9-11-12-13-14-15-16-17-18-19-20-21-24-34-55(84)77-49(32-28-38-74-65(69)70)60(88)81-53(41-44(3)4)63(91)79-51(33-29-39-75-66(71)72)61(89)78-50(31-25-26-36-67)62(90)82-54(42-48-43-73-37-27-22-23-30-46(48)6)64(92)80-52(35-40-93-8)59(87)76-47(7)58(86)83-56(57(68)85)45(5)10-2/h22-23,27,30,43-45,47,49-54,56,73H,6,9-21,24-26,28-29,31-42,67H2,1-5,7-8H3,(H2,68,85)(H,76,87)(H,77,84)(H,78,89)(H,79,91)(H,80,92)(H,81,88)(H,82,90)(H,83,86)(H4,69,70,74)(H4,71,72,75)/b27-22-,30-23-,48-43?/t45-,47-,49-,50-,51-,52-,53-,54-,56-/m0/s1. The van der Waals surface area contributed by atoms with Crippen molar-refractivity contribution in [1.29, 1.82) is 0 Å². The molecule has 0 radical (unpaired) electrons. The van der Waals surface area contributed by atoms with Crippen molar-refractivity contribution >= 4 is 76.8 Å². The van der Waals surface area contributed by atoms with Gasteiger partial charge in [0.25, 0.3) is 0 Å². The summed E-state index contributed by atoms with van der Waals surface area (Å²) in [5.74, 6) is -6.42. The van der Waals surface area contributed by atoms with Crippen LogP contribution >= 0.6 is 11.8 Å². The molecule has 0 saturated heterocycles. The van der Waals surface area contributed by atoms with E-state index in [-0.39, 0.29) is 101 Å². The van der Waals surface area contributed by atoms with Crippen LogP contribution in [0.3, 0.4) is 0 Å². The number of nitrogens with zero attached hydrogens (tertiary/aromatic N) is 2. The van der Waals surface area contributed by atoms with E-state index in [2.05, 4.69) is 71.3 Å². The second kappa shape index (κ2) is 50.3.